The maximum atomic E-state index is 13.4. The maximum Gasteiger partial charge on any atom is 0.165 e. The maximum absolute atomic E-state index is 13.4. The van der Waals surface area contributed by atoms with Gasteiger partial charge in [-0.1, -0.05) is 12.1 Å². The molecule has 0 radical (unpaired) electrons. The number of aryl methyl sites for hydroxylation is 1. The van der Waals surface area contributed by atoms with E-state index in [0.29, 0.717) is 5.01 Å². The standard InChI is InChI=1S/C11H9F2NOS/c1-6-5-16-11(14-6)10(15)7-3-2-4-8(12)9(7)13/h2-5,10,15H,1H3. The fraction of sp³-hybridized carbons (Fsp3) is 0.182. The first-order chi connectivity index (χ1) is 7.59. The molecule has 84 valence electrons. The Bertz CT molecular complexity index is 512. The van der Waals surface area contributed by atoms with Gasteiger partial charge in [-0.15, -0.1) is 11.3 Å². The minimum atomic E-state index is -1.21. The van der Waals surface area contributed by atoms with Gasteiger partial charge in [-0.3, -0.25) is 0 Å². The monoisotopic (exact) mass is 241 g/mol. The molecule has 0 bridgehead atoms. The van der Waals surface area contributed by atoms with Crippen LogP contribution in [-0.4, -0.2) is 10.1 Å². The van der Waals surface area contributed by atoms with E-state index in [1.807, 2.05) is 0 Å². The van der Waals surface area contributed by atoms with E-state index in [4.69, 9.17) is 0 Å². The van der Waals surface area contributed by atoms with Crippen LogP contribution < -0.4 is 0 Å². The van der Waals surface area contributed by atoms with Crippen molar-refractivity contribution in [1.29, 1.82) is 0 Å². The topological polar surface area (TPSA) is 33.1 Å². The molecule has 0 aliphatic heterocycles. The van der Waals surface area contributed by atoms with Gasteiger partial charge in [0.15, 0.2) is 11.6 Å². The van der Waals surface area contributed by atoms with Crippen molar-refractivity contribution in [2.45, 2.75) is 13.0 Å². The molecular formula is C11H9F2NOS. The van der Waals surface area contributed by atoms with E-state index >= 15 is 0 Å². The molecule has 1 heterocycles. The van der Waals surface area contributed by atoms with E-state index in [9.17, 15) is 13.9 Å². The summed E-state index contributed by atoms with van der Waals surface area (Å²) in [5, 5.41) is 12.0. The van der Waals surface area contributed by atoms with Gasteiger partial charge in [0.2, 0.25) is 0 Å². The number of aromatic nitrogens is 1. The third kappa shape index (κ3) is 1.96. The molecule has 0 fully saturated rings. The van der Waals surface area contributed by atoms with E-state index in [2.05, 4.69) is 4.98 Å². The van der Waals surface area contributed by atoms with Crippen LogP contribution in [0.25, 0.3) is 0 Å². The SMILES string of the molecule is Cc1csc(C(O)c2cccc(F)c2F)n1. The van der Waals surface area contributed by atoms with Crippen molar-refractivity contribution >= 4 is 11.3 Å². The Kier molecular flexibility index (Phi) is 2.98. The fourth-order valence-electron chi connectivity index (χ4n) is 1.36. The summed E-state index contributed by atoms with van der Waals surface area (Å²) in [5.74, 6) is -1.99. The van der Waals surface area contributed by atoms with Crippen LogP contribution in [-0.2, 0) is 0 Å². The molecule has 1 aromatic carbocycles. The normalized spacial score (nSPS) is 12.8. The summed E-state index contributed by atoms with van der Waals surface area (Å²) in [4.78, 5) is 4.04. The number of aliphatic hydroxyl groups is 1. The lowest BCUT2D eigenvalue weighted by molar-refractivity contribution is 0.212. The van der Waals surface area contributed by atoms with Crippen molar-refractivity contribution in [1.82, 2.24) is 4.98 Å². The summed E-state index contributed by atoms with van der Waals surface area (Å²) in [6.07, 6.45) is -1.21. The summed E-state index contributed by atoms with van der Waals surface area (Å²) in [6.45, 7) is 1.77. The predicted octanol–water partition coefficient (Wildman–Crippen LogP) is 2.81. The Labute approximate surface area is 95.2 Å². The highest BCUT2D eigenvalue weighted by Crippen LogP contribution is 2.27. The summed E-state index contributed by atoms with van der Waals surface area (Å²) in [6, 6.07) is 3.72. The van der Waals surface area contributed by atoms with Gasteiger partial charge in [-0.25, -0.2) is 13.8 Å². The summed E-state index contributed by atoms with van der Waals surface area (Å²) >= 11 is 1.22. The van der Waals surface area contributed by atoms with Crippen LogP contribution in [0.5, 0.6) is 0 Å². The summed E-state index contributed by atoms with van der Waals surface area (Å²) in [5.41, 5.74) is 0.658. The lowest BCUT2D eigenvalue weighted by atomic mass is 10.1. The molecule has 1 unspecified atom stereocenters. The summed E-state index contributed by atoms with van der Waals surface area (Å²) in [7, 11) is 0. The number of hydrogen-bond acceptors (Lipinski definition) is 3. The number of rotatable bonds is 2. The highest BCUT2D eigenvalue weighted by molar-refractivity contribution is 7.09. The Morgan fingerprint density at radius 2 is 2.12 bits per heavy atom. The molecule has 16 heavy (non-hydrogen) atoms. The molecule has 2 nitrogen and oxygen atoms in total. The fourth-order valence-corrected chi connectivity index (χ4v) is 2.16. The van der Waals surface area contributed by atoms with Gasteiger partial charge in [-0.2, -0.15) is 0 Å². The number of thiazole rings is 1. The minimum absolute atomic E-state index is 0.0886. The third-order valence-electron chi connectivity index (χ3n) is 2.15. The molecular weight excluding hydrogens is 232 g/mol. The molecule has 2 rings (SSSR count). The van der Waals surface area contributed by atoms with Crippen LogP contribution >= 0.6 is 11.3 Å². The van der Waals surface area contributed by atoms with Crippen molar-refractivity contribution in [3.05, 3.63) is 51.5 Å². The van der Waals surface area contributed by atoms with E-state index in [-0.39, 0.29) is 5.56 Å². The quantitative estimate of drug-likeness (QED) is 0.877. The highest BCUT2D eigenvalue weighted by Gasteiger charge is 2.19. The van der Waals surface area contributed by atoms with Crippen molar-refractivity contribution in [3.63, 3.8) is 0 Å². The molecule has 0 saturated heterocycles. The average molecular weight is 241 g/mol. The van der Waals surface area contributed by atoms with Crippen molar-refractivity contribution in [2.24, 2.45) is 0 Å². The Morgan fingerprint density at radius 3 is 2.75 bits per heavy atom. The molecule has 0 saturated carbocycles. The zero-order chi connectivity index (χ0) is 11.7. The second-order valence-corrected chi connectivity index (χ2v) is 4.26. The largest absolute Gasteiger partial charge is 0.381 e. The first-order valence-electron chi connectivity index (χ1n) is 4.63. The Hall–Kier alpha value is -1.33. The van der Waals surface area contributed by atoms with Gasteiger partial charge >= 0.3 is 0 Å². The Balaban J connectivity index is 2.41. The molecule has 5 heteroatoms. The van der Waals surface area contributed by atoms with E-state index in [1.165, 1.54) is 23.5 Å². The average Bonchev–Trinajstić information content (AvgIpc) is 2.68. The minimum Gasteiger partial charge on any atom is -0.381 e. The molecule has 0 amide bonds. The molecule has 1 atom stereocenters. The molecule has 2 aromatic rings. The molecule has 1 N–H and O–H groups in total. The van der Waals surface area contributed by atoms with Gasteiger partial charge in [0.25, 0.3) is 0 Å². The molecule has 0 spiro atoms. The van der Waals surface area contributed by atoms with Crippen LogP contribution in [0.1, 0.15) is 22.4 Å². The zero-order valence-electron chi connectivity index (χ0n) is 8.45. The van der Waals surface area contributed by atoms with E-state index in [1.54, 1.807) is 12.3 Å². The number of aliphatic hydroxyl groups excluding tert-OH is 1. The first-order valence-corrected chi connectivity index (χ1v) is 5.51. The third-order valence-corrected chi connectivity index (χ3v) is 3.16. The van der Waals surface area contributed by atoms with Gasteiger partial charge in [0, 0.05) is 16.6 Å². The predicted molar refractivity (Wildman–Crippen MR) is 57.3 cm³/mol. The number of hydrogen-bond donors (Lipinski definition) is 1. The van der Waals surface area contributed by atoms with Crippen LogP contribution in [0.3, 0.4) is 0 Å². The zero-order valence-corrected chi connectivity index (χ0v) is 9.26. The molecule has 1 aromatic heterocycles. The lowest BCUT2D eigenvalue weighted by Crippen LogP contribution is -2.03. The van der Waals surface area contributed by atoms with E-state index in [0.717, 1.165) is 11.8 Å². The lowest BCUT2D eigenvalue weighted by Gasteiger charge is -2.09. The number of halogens is 2. The van der Waals surface area contributed by atoms with Gasteiger partial charge in [0.1, 0.15) is 11.1 Å². The van der Waals surface area contributed by atoms with Gasteiger partial charge in [-0.05, 0) is 13.0 Å². The first kappa shape index (κ1) is 11.2. The second kappa shape index (κ2) is 4.27. The van der Waals surface area contributed by atoms with Crippen LogP contribution in [0, 0.1) is 18.6 Å². The Morgan fingerprint density at radius 1 is 1.38 bits per heavy atom. The van der Waals surface area contributed by atoms with Crippen molar-refractivity contribution in [2.75, 3.05) is 0 Å². The second-order valence-electron chi connectivity index (χ2n) is 3.37. The van der Waals surface area contributed by atoms with E-state index < -0.39 is 17.7 Å². The molecule has 0 aliphatic rings. The van der Waals surface area contributed by atoms with Gasteiger partial charge in [0.05, 0.1) is 0 Å². The van der Waals surface area contributed by atoms with Crippen LogP contribution in [0.15, 0.2) is 23.6 Å². The highest BCUT2D eigenvalue weighted by atomic mass is 32.1. The number of nitrogens with zero attached hydrogens (tertiary/aromatic N) is 1. The smallest absolute Gasteiger partial charge is 0.165 e. The van der Waals surface area contributed by atoms with Gasteiger partial charge < -0.3 is 5.11 Å². The van der Waals surface area contributed by atoms with Crippen molar-refractivity contribution < 1.29 is 13.9 Å². The van der Waals surface area contributed by atoms with Crippen molar-refractivity contribution in [3.8, 4) is 0 Å². The van der Waals surface area contributed by atoms with Crippen LogP contribution in [0.2, 0.25) is 0 Å². The number of benzene rings is 1. The van der Waals surface area contributed by atoms with Crippen LogP contribution in [0.4, 0.5) is 8.78 Å². The summed E-state index contributed by atoms with van der Waals surface area (Å²) < 4.78 is 26.3. The molecule has 0 aliphatic carbocycles.